The molecule has 0 fully saturated rings. The molecule has 5 nitrogen and oxygen atoms in total. The zero-order chi connectivity index (χ0) is 16.2. The molecule has 0 saturated heterocycles. The topological polar surface area (TPSA) is 85.0 Å². The highest BCUT2D eigenvalue weighted by Crippen LogP contribution is 2.23. The summed E-state index contributed by atoms with van der Waals surface area (Å²) < 4.78 is 24.6. The smallest absolute Gasteiger partial charge is 0.200 e. The molecular formula is C16H13N3O2S. The van der Waals surface area contributed by atoms with E-state index in [4.69, 9.17) is 10.7 Å². The molecule has 1 N–H and O–H groups in total. The van der Waals surface area contributed by atoms with E-state index in [1.807, 2.05) is 11.9 Å². The van der Waals surface area contributed by atoms with Crippen molar-refractivity contribution >= 4 is 15.7 Å². The molecule has 2 rings (SSSR count). The summed E-state index contributed by atoms with van der Waals surface area (Å²) in [6, 6.07) is 10.0. The molecule has 1 aliphatic rings. The van der Waals surface area contributed by atoms with Gasteiger partial charge >= 0.3 is 0 Å². The molecule has 1 aromatic rings. The molecule has 110 valence electrons. The quantitative estimate of drug-likeness (QED) is 0.687. The second-order valence-corrected chi connectivity index (χ2v) is 6.35. The van der Waals surface area contributed by atoms with Crippen LogP contribution in [0.2, 0.25) is 0 Å². The molecule has 0 spiro atoms. The van der Waals surface area contributed by atoms with E-state index in [1.54, 1.807) is 37.4 Å². The number of hydrogen-bond donors (Lipinski definition) is 1. The first kappa shape index (κ1) is 15.5. The minimum Gasteiger partial charge on any atom is -0.307 e. The molecule has 1 aromatic carbocycles. The average Bonchev–Trinajstić information content (AvgIpc) is 2.52. The summed E-state index contributed by atoms with van der Waals surface area (Å²) in [6.45, 7) is 1.74. The van der Waals surface area contributed by atoms with Crippen LogP contribution in [0.5, 0.6) is 0 Å². The summed E-state index contributed by atoms with van der Waals surface area (Å²) >= 11 is 0. The minimum atomic E-state index is -3.54. The van der Waals surface area contributed by atoms with Crippen LogP contribution < -0.4 is 0 Å². The van der Waals surface area contributed by atoms with Gasteiger partial charge in [-0.05, 0) is 36.3 Å². The van der Waals surface area contributed by atoms with E-state index < -0.39 is 9.84 Å². The van der Waals surface area contributed by atoms with Crippen LogP contribution in [-0.4, -0.2) is 19.2 Å². The summed E-state index contributed by atoms with van der Waals surface area (Å²) in [5.41, 5.74) is 1.23. The Morgan fingerprint density at radius 3 is 2.55 bits per heavy atom. The third-order valence-corrected chi connectivity index (χ3v) is 4.53. The first-order chi connectivity index (χ1) is 10.5. The van der Waals surface area contributed by atoms with Crippen molar-refractivity contribution in [3.05, 3.63) is 71.1 Å². The van der Waals surface area contributed by atoms with Crippen LogP contribution in [0.15, 0.2) is 76.0 Å². The maximum atomic E-state index is 12.3. The van der Waals surface area contributed by atoms with Crippen LogP contribution in [0, 0.1) is 16.7 Å². The molecule has 0 radical (unpaired) electrons. The predicted octanol–water partition coefficient (Wildman–Crippen LogP) is 2.73. The largest absolute Gasteiger partial charge is 0.307 e. The molecule has 0 saturated carbocycles. The van der Waals surface area contributed by atoms with Crippen molar-refractivity contribution < 1.29 is 8.42 Å². The molecule has 1 heterocycles. The third-order valence-electron chi connectivity index (χ3n) is 3.04. The van der Waals surface area contributed by atoms with Crippen LogP contribution in [0.4, 0.5) is 0 Å². The van der Waals surface area contributed by atoms with Crippen molar-refractivity contribution in [3.63, 3.8) is 0 Å². The summed E-state index contributed by atoms with van der Waals surface area (Å²) in [5, 5.41) is 17.1. The Bertz CT molecular complexity index is 866. The number of nitriles is 1. The van der Waals surface area contributed by atoms with Crippen molar-refractivity contribution in [1.29, 1.82) is 10.7 Å². The number of nitrogens with one attached hydrogen (secondary N) is 1. The van der Waals surface area contributed by atoms with Crippen molar-refractivity contribution in [2.24, 2.45) is 0 Å². The van der Waals surface area contributed by atoms with Gasteiger partial charge in [-0.3, -0.25) is 5.41 Å². The molecule has 0 bridgehead atoms. The number of sulfone groups is 1. The second kappa shape index (κ2) is 6.27. The van der Waals surface area contributed by atoms with Gasteiger partial charge in [0.1, 0.15) is 6.07 Å². The molecule has 0 aliphatic carbocycles. The van der Waals surface area contributed by atoms with E-state index in [-0.39, 0.29) is 10.6 Å². The fourth-order valence-electron chi connectivity index (χ4n) is 1.89. The van der Waals surface area contributed by atoms with Crippen LogP contribution >= 0.6 is 0 Å². The Labute approximate surface area is 129 Å². The molecule has 22 heavy (non-hydrogen) atoms. The molecule has 0 amide bonds. The van der Waals surface area contributed by atoms with E-state index in [2.05, 4.69) is 0 Å². The zero-order valence-electron chi connectivity index (χ0n) is 11.8. The highest BCUT2D eigenvalue weighted by Gasteiger charge is 2.15. The van der Waals surface area contributed by atoms with Gasteiger partial charge < -0.3 is 4.90 Å². The third kappa shape index (κ3) is 3.23. The van der Waals surface area contributed by atoms with Gasteiger partial charge in [0.05, 0.1) is 4.90 Å². The Balaban J connectivity index is 2.37. The summed E-state index contributed by atoms with van der Waals surface area (Å²) in [6.07, 6.45) is 4.70. The van der Waals surface area contributed by atoms with Gasteiger partial charge in [-0.15, -0.1) is 0 Å². The van der Waals surface area contributed by atoms with Crippen molar-refractivity contribution in [2.75, 3.05) is 0 Å². The lowest BCUT2D eigenvalue weighted by atomic mass is 10.1. The standard InChI is InChI=1S/C16H13N3O2S/c1-13-11-19(15(9-17)10-18)8-7-14(13)12-22(20,21)16-5-3-2-4-6-16/h2-8,11-12,17H,1H3/b14-12+. The van der Waals surface area contributed by atoms with Gasteiger partial charge in [-0.1, -0.05) is 18.2 Å². The first-order valence-corrected chi connectivity index (χ1v) is 7.89. The fourth-order valence-corrected chi connectivity index (χ4v) is 3.16. The molecule has 0 atom stereocenters. The summed E-state index contributed by atoms with van der Waals surface area (Å²) in [5.74, 6) is 2.03. The van der Waals surface area contributed by atoms with Crippen LogP contribution in [0.25, 0.3) is 0 Å². The van der Waals surface area contributed by atoms with Gasteiger partial charge in [0.15, 0.2) is 15.5 Å². The second-order valence-electron chi connectivity index (χ2n) is 4.55. The van der Waals surface area contributed by atoms with Gasteiger partial charge in [0.2, 0.25) is 0 Å². The van der Waals surface area contributed by atoms with E-state index in [0.29, 0.717) is 11.1 Å². The summed E-state index contributed by atoms with van der Waals surface area (Å²) in [4.78, 5) is 1.65. The van der Waals surface area contributed by atoms with E-state index in [1.165, 1.54) is 28.6 Å². The van der Waals surface area contributed by atoms with Crippen LogP contribution in [0.1, 0.15) is 6.92 Å². The van der Waals surface area contributed by atoms with Gasteiger partial charge in [0, 0.05) is 23.7 Å². The Morgan fingerprint density at radius 1 is 1.32 bits per heavy atom. The van der Waals surface area contributed by atoms with Gasteiger partial charge in [0.25, 0.3) is 0 Å². The number of rotatable bonds is 3. The van der Waals surface area contributed by atoms with Crippen LogP contribution in [-0.2, 0) is 9.84 Å². The van der Waals surface area contributed by atoms with E-state index in [9.17, 15) is 8.42 Å². The Kier molecular flexibility index (Phi) is 4.42. The first-order valence-electron chi connectivity index (χ1n) is 6.35. The van der Waals surface area contributed by atoms with Crippen molar-refractivity contribution in [1.82, 2.24) is 4.90 Å². The fraction of sp³-hybridized carbons (Fsp3) is 0.0625. The van der Waals surface area contributed by atoms with Crippen molar-refractivity contribution in [3.8, 4) is 6.07 Å². The van der Waals surface area contributed by atoms with E-state index >= 15 is 0 Å². The number of benzene rings is 1. The normalized spacial score (nSPS) is 15.9. The molecule has 6 heteroatoms. The van der Waals surface area contributed by atoms with Gasteiger partial charge in [-0.2, -0.15) is 5.26 Å². The Hall–Kier alpha value is -2.87. The number of allylic oxidation sites excluding steroid dienone is 4. The zero-order valence-corrected chi connectivity index (χ0v) is 12.6. The number of nitrogens with zero attached hydrogens (tertiary/aromatic N) is 2. The lowest BCUT2D eigenvalue weighted by Crippen LogP contribution is -2.13. The monoisotopic (exact) mass is 311 g/mol. The predicted molar refractivity (Wildman–Crippen MR) is 83.3 cm³/mol. The van der Waals surface area contributed by atoms with Gasteiger partial charge in [-0.25, -0.2) is 8.42 Å². The van der Waals surface area contributed by atoms with Crippen molar-refractivity contribution in [2.45, 2.75) is 11.8 Å². The lowest BCUT2D eigenvalue weighted by Gasteiger charge is -2.19. The summed E-state index contributed by atoms with van der Waals surface area (Å²) in [7, 11) is -3.54. The highest BCUT2D eigenvalue weighted by molar-refractivity contribution is 7.94. The SMILES string of the molecule is CC1=CN(C(=C=N)C#N)C=C/C1=C\S(=O)(=O)c1ccccc1. The Morgan fingerprint density at radius 2 is 2.00 bits per heavy atom. The highest BCUT2D eigenvalue weighted by atomic mass is 32.2. The minimum absolute atomic E-state index is 0.0283. The maximum absolute atomic E-state index is 12.3. The molecular weight excluding hydrogens is 298 g/mol. The maximum Gasteiger partial charge on any atom is 0.200 e. The molecule has 0 unspecified atom stereocenters. The number of hydrogen-bond acceptors (Lipinski definition) is 5. The average molecular weight is 311 g/mol. The van der Waals surface area contributed by atoms with E-state index in [0.717, 1.165) is 0 Å². The molecule has 1 aliphatic heterocycles. The van der Waals surface area contributed by atoms with Crippen LogP contribution in [0.3, 0.4) is 0 Å². The lowest BCUT2D eigenvalue weighted by molar-refractivity contribution is 0.604. The molecule has 0 aromatic heterocycles.